The lowest BCUT2D eigenvalue weighted by molar-refractivity contribution is 0.0762. The zero-order valence-corrected chi connectivity index (χ0v) is 16.4. The van der Waals surface area contributed by atoms with Gasteiger partial charge in [0.2, 0.25) is 0 Å². The van der Waals surface area contributed by atoms with Crippen LogP contribution in [0.25, 0.3) is 0 Å². The summed E-state index contributed by atoms with van der Waals surface area (Å²) in [7, 11) is 0. The molecule has 0 unspecified atom stereocenters. The van der Waals surface area contributed by atoms with E-state index >= 15 is 0 Å². The average Bonchev–Trinajstić information content (AvgIpc) is 2.87. The van der Waals surface area contributed by atoms with Crippen LogP contribution >= 0.6 is 11.6 Å². The van der Waals surface area contributed by atoms with Gasteiger partial charge in [-0.05, 0) is 50.1 Å². The van der Waals surface area contributed by atoms with Crippen molar-refractivity contribution in [3.05, 3.63) is 64.2 Å². The fraction of sp³-hybridized carbons (Fsp3) is 0.333. The second-order valence-electron chi connectivity index (χ2n) is 6.89. The van der Waals surface area contributed by atoms with Crippen LogP contribution in [0.15, 0.2) is 42.5 Å². The van der Waals surface area contributed by atoms with Crippen LogP contribution in [0.5, 0.6) is 0 Å². The van der Waals surface area contributed by atoms with Crippen LogP contribution < -0.4 is 5.32 Å². The Balaban J connectivity index is 1.63. The van der Waals surface area contributed by atoms with E-state index in [0.29, 0.717) is 36.9 Å². The summed E-state index contributed by atoms with van der Waals surface area (Å²) in [5.74, 6) is 0.0320. The van der Waals surface area contributed by atoms with E-state index in [9.17, 15) is 9.59 Å². The third-order valence-corrected chi connectivity index (χ3v) is 4.99. The highest BCUT2D eigenvalue weighted by atomic mass is 35.5. The zero-order chi connectivity index (χ0) is 19.4. The Hall–Kier alpha value is -2.53. The molecule has 2 aromatic carbocycles. The summed E-state index contributed by atoms with van der Waals surface area (Å²) in [5.41, 5.74) is 3.53. The highest BCUT2D eigenvalue weighted by Gasteiger charge is 2.23. The molecule has 0 aromatic heterocycles. The number of rotatable bonds is 2. The first-order chi connectivity index (χ1) is 12.9. The molecule has 0 radical (unpaired) electrons. The van der Waals surface area contributed by atoms with Crippen molar-refractivity contribution in [2.75, 3.05) is 31.5 Å². The molecule has 1 fully saturated rings. The largest absolute Gasteiger partial charge is 0.337 e. The number of anilines is 1. The van der Waals surface area contributed by atoms with Gasteiger partial charge in [-0.1, -0.05) is 35.4 Å². The van der Waals surface area contributed by atoms with Crippen LogP contribution in [0.2, 0.25) is 5.02 Å². The molecule has 142 valence electrons. The van der Waals surface area contributed by atoms with Crippen LogP contribution in [-0.2, 0) is 0 Å². The minimum absolute atomic E-state index is 0.0320. The predicted molar refractivity (Wildman–Crippen MR) is 108 cm³/mol. The van der Waals surface area contributed by atoms with Crippen molar-refractivity contribution in [1.82, 2.24) is 9.80 Å². The van der Waals surface area contributed by atoms with Crippen molar-refractivity contribution in [3.8, 4) is 0 Å². The van der Waals surface area contributed by atoms with E-state index in [-0.39, 0.29) is 11.9 Å². The highest BCUT2D eigenvalue weighted by Crippen LogP contribution is 2.17. The molecule has 1 aliphatic rings. The van der Waals surface area contributed by atoms with Gasteiger partial charge < -0.3 is 15.1 Å². The number of benzene rings is 2. The molecule has 0 saturated carbocycles. The first kappa shape index (κ1) is 19.2. The molecule has 1 N–H and O–H groups in total. The molecule has 5 nitrogen and oxygen atoms in total. The molecule has 0 bridgehead atoms. The maximum Gasteiger partial charge on any atom is 0.321 e. The first-order valence-electron chi connectivity index (χ1n) is 9.12. The van der Waals surface area contributed by atoms with E-state index < -0.39 is 0 Å². The van der Waals surface area contributed by atoms with Gasteiger partial charge in [-0.15, -0.1) is 0 Å². The van der Waals surface area contributed by atoms with Gasteiger partial charge in [-0.2, -0.15) is 0 Å². The van der Waals surface area contributed by atoms with E-state index in [4.69, 9.17) is 11.6 Å². The second kappa shape index (κ2) is 8.44. The van der Waals surface area contributed by atoms with E-state index in [1.807, 2.05) is 36.9 Å². The van der Waals surface area contributed by atoms with Gasteiger partial charge in [0.15, 0.2) is 0 Å². The minimum Gasteiger partial charge on any atom is -0.337 e. The van der Waals surface area contributed by atoms with Crippen molar-refractivity contribution in [3.63, 3.8) is 0 Å². The van der Waals surface area contributed by atoms with Crippen molar-refractivity contribution in [1.29, 1.82) is 0 Å². The molecule has 1 saturated heterocycles. The van der Waals surface area contributed by atoms with Crippen LogP contribution in [0, 0.1) is 13.8 Å². The molecule has 0 aliphatic carbocycles. The lowest BCUT2D eigenvalue weighted by Crippen LogP contribution is -2.39. The fourth-order valence-electron chi connectivity index (χ4n) is 3.32. The van der Waals surface area contributed by atoms with Crippen molar-refractivity contribution >= 4 is 29.2 Å². The number of carbonyl (C=O) groups is 2. The number of nitrogens with one attached hydrogen (secondary N) is 1. The van der Waals surface area contributed by atoms with E-state index in [0.717, 1.165) is 23.1 Å². The smallest absolute Gasteiger partial charge is 0.321 e. The number of aryl methyl sites for hydroxylation is 2. The lowest BCUT2D eigenvalue weighted by atomic mass is 10.0. The fourth-order valence-corrected chi connectivity index (χ4v) is 3.51. The number of hydrogen-bond acceptors (Lipinski definition) is 2. The Morgan fingerprint density at radius 3 is 2.44 bits per heavy atom. The molecule has 6 heteroatoms. The van der Waals surface area contributed by atoms with E-state index in [1.54, 1.807) is 29.2 Å². The Kier molecular flexibility index (Phi) is 6.01. The van der Waals surface area contributed by atoms with Crippen LogP contribution in [0.3, 0.4) is 0 Å². The number of carbonyl (C=O) groups excluding carboxylic acids is 2. The SMILES string of the molecule is Cc1ccc(C(=O)N2CCCN(C(=O)Nc3cccc(Cl)c3)CC2)c(C)c1. The van der Waals surface area contributed by atoms with Gasteiger partial charge >= 0.3 is 6.03 Å². The standard InChI is InChI=1S/C21H24ClN3O2/c1-15-7-8-19(16(2)13-15)20(26)24-9-4-10-25(12-11-24)21(27)23-18-6-3-5-17(22)14-18/h3,5-8,13-14H,4,9-12H2,1-2H3,(H,23,27). The molecule has 0 atom stereocenters. The Morgan fingerprint density at radius 2 is 1.70 bits per heavy atom. The van der Waals surface area contributed by atoms with Crippen molar-refractivity contribution in [2.24, 2.45) is 0 Å². The van der Waals surface area contributed by atoms with Crippen molar-refractivity contribution < 1.29 is 9.59 Å². The van der Waals surface area contributed by atoms with Crippen LogP contribution in [0.1, 0.15) is 27.9 Å². The third kappa shape index (κ3) is 4.80. The number of hydrogen-bond donors (Lipinski definition) is 1. The number of halogens is 1. The van der Waals surface area contributed by atoms with E-state index in [1.165, 1.54) is 0 Å². The van der Waals surface area contributed by atoms with Gasteiger partial charge in [0, 0.05) is 42.5 Å². The highest BCUT2D eigenvalue weighted by molar-refractivity contribution is 6.30. The normalized spacial score (nSPS) is 14.6. The lowest BCUT2D eigenvalue weighted by Gasteiger charge is -2.23. The summed E-state index contributed by atoms with van der Waals surface area (Å²) in [6.45, 7) is 6.26. The van der Waals surface area contributed by atoms with Gasteiger partial charge in [-0.25, -0.2) is 4.79 Å². The van der Waals surface area contributed by atoms with Crippen LogP contribution in [0.4, 0.5) is 10.5 Å². The minimum atomic E-state index is -0.168. The second-order valence-corrected chi connectivity index (χ2v) is 7.33. The van der Waals surface area contributed by atoms with Gasteiger partial charge in [-0.3, -0.25) is 4.79 Å². The Labute approximate surface area is 164 Å². The quantitative estimate of drug-likeness (QED) is 0.836. The van der Waals surface area contributed by atoms with Crippen molar-refractivity contribution in [2.45, 2.75) is 20.3 Å². The molecule has 1 aliphatic heterocycles. The molecule has 0 spiro atoms. The number of amides is 3. The summed E-state index contributed by atoms with van der Waals surface area (Å²) >= 11 is 5.97. The Morgan fingerprint density at radius 1 is 0.963 bits per heavy atom. The maximum absolute atomic E-state index is 12.9. The van der Waals surface area contributed by atoms with Gasteiger partial charge in [0.25, 0.3) is 5.91 Å². The molecule has 27 heavy (non-hydrogen) atoms. The van der Waals surface area contributed by atoms with Gasteiger partial charge in [0.1, 0.15) is 0 Å². The molecule has 3 rings (SSSR count). The topological polar surface area (TPSA) is 52.7 Å². The predicted octanol–water partition coefficient (Wildman–Crippen LogP) is 4.34. The molecule has 2 aromatic rings. The molecular weight excluding hydrogens is 362 g/mol. The van der Waals surface area contributed by atoms with Crippen LogP contribution in [-0.4, -0.2) is 47.9 Å². The number of nitrogens with zero attached hydrogens (tertiary/aromatic N) is 2. The number of urea groups is 1. The summed E-state index contributed by atoms with van der Waals surface area (Å²) in [4.78, 5) is 29.0. The summed E-state index contributed by atoms with van der Waals surface area (Å²) in [6, 6.07) is 12.8. The molecular formula is C21H24ClN3O2. The summed E-state index contributed by atoms with van der Waals surface area (Å²) in [5, 5.41) is 3.45. The summed E-state index contributed by atoms with van der Waals surface area (Å²) < 4.78 is 0. The average molecular weight is 386 g/mol. The maximum atomic E-state index is 12.9. The van der Waals surface area contributed by atoms with Gasteiger partial charge in [0.05, 0.1) is 0 Å². The van der Waals surface area contributed by atoms with E-state index in [2.05, 4.69) is 5.32 Å². The molecule has 1 heterocycles. The Bertz CT molecular complexity index is 853. The third-order valence-electron chi connectivity index (χ3n) is 4.76. The zero-order valence-electron chi connectivity index (χ0n) is 15.7. The first-order valence-corrected chi connectivity index (χ1v) is 9.50. The summed E-state index contributed by atoms with van der Waals surface area (Å²) in [6.07, 6.45) is 0.750. The molecule has 3 amide bonds. The monoisotopic (exact) mass is 385 g/mol.